The van der Waals surface area contributed by atoms with Crippen molar-refractivity contribution >= 4 is 23.1 Å². The van der Waals surface area contributed by atoms with Crippen molar-refractivity contribution in [1.82, 2.24) is 4.98 Å². The lowest BCUT2D eigenvalue weighted by Crippen LogP contribution is -2.29. The van der Waals surface area contributed by atoms with Gasteiger partial charge in [-0.15, -0.1) is 0 Å². The lowest BCUT2D eigenvalue weighted by atomic mass is 9.94. The average molecular weight is 499 g/mol. The van der Waals surface area contributed by atoms with Crippen LogP contribution in [-0.4, -0.2) is 28.4 Å². The van der Waals surface area contributed by atoms with Crippen LogP contribution in [0.1, 0.15) is 74.9 Å². The third-order valence-electron chi connectivity index (χ3n) is 6.65. The van der Waals surface area contributed by atoms with Gasteiger partial charge < -0.3 is 9.84 Å². The molecule has 1 aliphatic heterocycles. The molecule has 1 saturated heterocycles. The van der Waals surface area contributed by atoms with Crippen LogP contribution in [0.25, 0.3) is 5.76 Å². The molecular weight excluding hydrogens is 464 g/mol. The van der Waals surface area contributed by atoms with Crippen molar-refractivity contribution in [3.05, 3.63) is 94.8 Å². The maximum atomic E-state index is 13.4. The zero-order valence-electron chi connectivity index (χ0n) is 21.9. The van der Waals surface area contributed by atoms with Gasteiger partial charge in [0.2, 0.25) is 0 Å². The molecule has 1 atom stereocenters. The largest absolute Gasteiger partial charge is 0.507 e. The number of aliphatic hydroxyl groups excluding tert-OH is 1. The molecule has 6 heteroatoms. The van der Waals surface area contributed by atoms with Gasteiger partial charge in [0.25, 0.3) is 11.7 Å². The molecule has 4 rings (SSSR count). The molecule has 0 aliphatic carbocycles. The Labute approximate surface area is 218 Å². The molecular formula is C31H34N2O4. The number of ether oxygens (including phenoxy) is 1. The highest BCUT2D eigenvalue weighted by Gasteiger charge is 2.47. The van der Waals surface area contributed by atoms with E-state index in [0.717, 1.165) is 30.6 Å². The Bertz CT molecular complexity index is 1300. The van der Waals surface area contributed by atoms with E-state index in [1.807, 2.05) is 57.2 Å². The number of hydrogen-bond donors (Lipinski definition) is 1. The van der Waals surface area contributed by atoms with E-state index in [9.17, 15) is 14.7 Å². The molecule has 1 fully saturated rings. The molecule has 2 aromatic carbocycles. The van der Waals surface area contributed by atoms with Gasteiger partial charge in [0.05, 0.1) is 17.9 Å². The van der Waals surface area contributed by atoms with E-state index in [1.165, 1.54) is 10.5 Å². The molecule has 6 nitrogen and oxygen atoms in total. The number of benzene rings is 2. The molecule has 192 valence electrons. The van der Waals surface area contributed by atoms with E-state index in [4.69, 9.17) is 4.74 Å². The number of aryl methyl sites for hydroxylation is 1. The maximum absolute atomic E-state index is 13.4. The zero-order valence-corrected chi connectivity index (χ0v) is 21.9. The molecule has 0 radical (unpaired) electrons. The first-order valence-electron chi connectivity index (χ1n) is 12.9. The number of carbonyl (C=O) groups is 2. The van der Waals surface area contributed by atoms with E-state index in [0.29, 0.717) is 23.6 Å². The van der Waals surface area contributed by atoms with Crippen molar-refractivity contribution < 1.29 is 19.4 Å². The number of rotatable bonds is 9. The molecule has 1 aliphatic rings. The maximum Gasteiger partial charge on any atom is 0.300 e. The normalized spacial score (nSPS) is 17.0. The van der Waals surface area contributed by atoms with Gasteiger partial charge in [-0.2, -0.15) is 0 Å². The third-order valence-corrected chi connectivity index (χ3v) is 6.65. The monoisotopic (exact) mass is 498 g/mol. The topological polar surface area (TPSA) is 79.7 Å². The van der Waals surface area contributed by atoms with Crippen LogP contribution in [0, 0.1) is 0 Å². The number of nitrogens with zero attached hydrogens (tertiary/aromatic N) is 2. The van der Waals surface area contributed by atoms with E-state index >= 15 is 0 Å². The number of aliphatic hydroxyl groups is 1. The van der Waals surface area contributed by atoms with Crippen LogP contribution in [0.5, 0.6) is 5.75 Å². The lowest BCUT2D eigenvalue weighted by Gasteiger charge is -2.25. The zero-order chi connectivity index (χ0) is 26.5. The first kappa shape index (κ1) is 26.1. The van der Waals surface area contributed by atoms with E-state index in [-0.39, 0.29) is 17.3 Å². The van der Waals surface area contributed by atoms with Crippen molar-refractivity contribution in [3.8, 4) is 5.75 Å². The average Bonchev–Trinajstić information content (AvgIpc) is 3.18. The summed E-state index contributed by atoms with van der Waals surface area (Å²) in [7, 11) is 0. The Morgan fingerprint density at radius 2 is 1.81 bits per heavy atom. The van der Waals surface area contributed by atoms with Gasteiger partial charge in [0, 0.05) is 17.4 Å². The quantitative estimate of drug-likeness (QED) is 0.205. The fourth-order valence-corrected chi connectivity index (χ4v) is 4.71. The standard InChI is InChI=1S/C31H34N2O4/c1-5-7-10-21-12-15-23(16-13-21)33-28(25-11-8-9-18-32-25)27(30(35)31(33)36)29(34)22-14-17-26(37-6-2)24(19-22)20(3)4/h8-9,11-20,28,34H,5-7,10H2,1-4H3/b29-27-. The summed E-state index contributed by atoms with van der Waals surface area (Å²) in [4.78, 5) is 32.7. The summed E-state index contributed by atoms with van der Waals surface area (Å²) in [5, 5.41) is 11.5. The first-order valence-corrected chi connectivity index (χ1v) is 12.9. The summed E-state index contributed by atoms with van der Waals surface area (Å²) in [6, 6.07) is 17.6. The first-order chi connectivity index (χ1) is 17.9. The third kappa shape index (κ3) is 5.29. The van der Waals surface area contributed by atoms with Gasteiger partial charge in [-0.05, 0) is 79.3 Å². The van der Waals surface area contributed by atoms with E-state index < -0.39 is 17.7 Å². The minimum absolute atomic E-state index is 0.0256. The molecule has 1 N–H and O–H groups in total. The predicted molar refractivity (Wildman–Crippen MR) is 146 cm³/mol. The Morgan fingerprint density at radius 1 is 1.05 bits per heavy atom. The van der Waals surface area contributed by atoms with Crippen LogP contribution in [0.4, 0.5) is 5.69 Å². The number of anilines is 1. The van der Waals surface area contributed by atoms with Crippen molar-refractivity contribution in [2.45, 2.75) is 58.9 Å². The minimum atomic E-state index is -0.850. The smallest absolute Gasteiger partial charge is 0.300 e. The molecule has 2 heterocycles. The molecule has 1 unspecified atom stereocenters. The Balaban J connectivity index is 1.84. The number of pyridine rings is 1. The van der Waals surface area contributed by atoms with Crippen LogP contribution in [-0.2, 0) is 16.0 Å². The van der Waals surface area contributed by atoms with Gasteiger partial charge in [-0.25, -0.2) is 0 Å². The summed E-state index contributed by atoms with van der Waals surface area (Å²) in [5.41, 5.74) is 3.67. The van der Waals surface area contributed by atoms with Crippen molar-refractivity contribution in [1.29, 1.82) is 0 Å². The SMILES string of the molecule is CCCCc1ccc(N2C(=O)C(=O)/C(=C(\O)c3ccc(OCC)c(C(C)C)c3)C2c2ccccn2)cc1. The number of hydrogen-bond acceptors (Lipinski definition) is 5. The summed E-state index contributed by atoms with van der Waals surface area (Å²) < 4.78 is 5.76. The summed E-state index contributed by atoms with van der Waals surface area (Å²) in [6.07, 6.45) is 4.75. The molecule has 0 spiro atoms. The number of Topliss-reactive ketones (excluding diaryl/α,β-unsaturated/α-hetero) is 1. The Hall–Kier alpha value is -3.93. The van der Waals surface area contributed by atoms with E-state index in [1.54, 1.807) is 30.5 Å². The second-order valence-electron chi connectivity index (χ2n) is 9.53. The fraction of sp³-hybridized carbons (Fsp3) is 0.323. The Morgan fingerprint density at radius 3 is 2.43 bits per heavy atom. The number of aromatic nitrogens is 1. The molecule has 0 saturated carbocycles. The predicted octanol–water partition coefficient (Wildman–Crippen LogP) is 6.57. The van der Waals surface area contributed by atoms with Gasteiger partial charge in [-0.3, -0.25) is 19.5 Å². The van der Waals surface area contributed by atoms with Gasteiger partial charge >= 0.3 is 0 Å². The van der Waals surface area contributed by atoms with Crippen LogP contribution in [0.3, 0.4) is 0 Å². The highest BCUT2D eigenvalue weighted by Crippen LogP contribution is 2.42. The molecule has 37 heavy (non-hydrogen) atoms. The van der Waals surface area contributed by atoms with E-state index in [2.05, 4.69) is 11.9 Å². The summed E-state index contributed by atoms with van der Waals surface area (Å²) in [5.74, 6) is -0.772. The number of carbonyl (C=O) groups excluding carboxylic acids is 2. The van der Waals surface area contributed by atoms with Crippen molar-refractivity contribution in [2.24, 2.45) is 0 Å². The number of unbranched alkanes of at least 4 members (excludes halogenated alkanes) is 1. The van der Waals surface area contributed by atoms with Crippen LogP contribution in [0.15, 0.2) is 72.4 Å². The number of amides is 1. The summed E-state index contributed by atoms with van der Waals surface area (Å²) in [6.45, 7) is 8.67. The highest BCUT2D eigenvalue weighted by molar-refractivity contribution is 6.51. The van der Waals surface area contributed by atoms with Crippen LogP contribution >= 0.6 is 0 Å². The molecule has 0 bridgehead atoms. The second kappa shape index (κ2) is 11.4. The second-order valence-corrected chi connectivity index (χ2v) is 9.53. The lowest BCUT2D eigenvalue weighted by molar-refractivity contribution is -0.132. The summed E-state index contributed by atoms with van der Waals surface area (Å²) >= 11 is 0. The number of ketones is 1. The highest BCUT2D eigenvalue weighted by atomic mass is 16.5. The van der Waals surface area contributed by atoms with Crippen molar-refractivity contribution in [3.63, 3.8) is 0 Å². The molecule has 1 amide bonds. The fourth-order valence-electron chi connectivity index (χ4n) is 4.71. The van der Waals surface area contributed by atoms with Gasteiger partial charge in [0.15, 0.2) is 0 Å². The molecule has 1 aromatic heterocycles. The minimum Gasteiger partial charge on any atom is -0.507 e. The van der Waals surface area contributed by atoms with Crippen LogP contribution in [0.2, 0.25) is 0 Å². The Kier molecular flexibility index (Phi) is 8.07. The van der Waals surface area contributed by atoms with Gasteiger partial charge in [0.1, 0.15) is 17.6 Å². The van der Waals surface area contributed by atoms with Gasteiger partial charge in [-0.1, -0.05) is 45.4 Å². The molecule has 3 aromatic rings. The van der Waals surface area contributed by atoms with Crippen molar-refractivity contribution in [2.75, 3.05) is 11.5 Å². The van der Waals surface area contributed by atoms with Crippen LogP contribution < -0.4 is 9.64 Å².